The summed E-state index contributed by atoms with van der Waals surface area (Å²) in [6, 6.07) is 14.0. The van der Waals surface area contributed by atoms with E-state index in [0.717, 1.165) is 17.3 Å². The normalized spacial score (nSPS) is 17.2. The molecular formula is C28H24FN5O3S2. The fraction of sp³-hybridized carbons (Fsp3) is 0.214. The van der Waals surface area contributed by atoms with Gasteiger partial charge in [-0.05, 0) is 48.9 Å². The number of hydrogen-bond donors (Lipinski definition) is 0. The molecule has 0 bridgehead atoms. The number of aromatic nitrogens is 2. The summed E-state index contributed by atoms with van der Waals surface area (Å²) in [6.07, 6.45) is 4.83. The monoisotopic (exact) mass is 561 g/mol. The molecule has 0 unspecified atom stereocenters. The molecule has 2 fully saturated rings. The summed E-state index contributed by atoms with van der Waals surface area (Å²) in [6.45, 7) is 4.29. The van der Waals surface area contributed by atoms with Crippen LogP contribution in [0.5, 0.6) is 0 Å². The smallest absolute Gasteiger partial charge is 0.267 e. The maximum absolute atomic E-state index is 14.4. The number of piperazine rings is 1. The first-order chi connectivity index (χ1) is 18.9. The number of para-hydroxylation sites is 1. The molecule has 8 nitrogen and oxygen atoms in total. The number of furan rings is 1. The van der Waals surface area contributed by atoms with Crippen LogP contribution in [0.4, 0.5) is 15.9 Å². The lowest BCUT2D eigenvalue weighted by atomic mass is 10.2. The van der Waals surface area contributed by atoms with Gasteiger partial charge in [0.1, 0.15) is 27.4 Å². The zero-order valence-corrected chi connectivity index (χ0v) is 22.7. The number of aryl methyl sites for hydroxylation is 1. The van der Waals surface area contributed by atoms with Gasteiger partial charge in [-0.2, -0.15) is 0 Å². The average Bonchev–Trinajstić information content (AvgIpc) is 3.55. The molecule has 0 atom stereocenters. The third-order valence-corrected chi connectivity index (χ3v) is 8.26. The SMILES string of the molecule is Cc1cccn2c(=O)c(/C=C3\SC(=S)N(Cc4ccco4)C3=O)c(N3CCN(c4ccccc4F)CC3)nc12. The lowest BCUT2D eigenvalue weighted by Gasteiger charge is -2.37. The molecule has 6 rings (SSSR count). The van der Waals surface area contributed by atoms with Crippen molar-refractivity contribution in [2.75, 3.05) is 36.0 Å². The Hall–Kier alpha value is -3.96. The van der Waals surface area contributed by atoms with Gasteiger partial charge in [-0.25, -0.2) is 9.37 Å². The van der Waals surface area contributed by atoms with E-state index in [9.17, 15) is 14.0 Å². The van der Waals surface area contributed by atoms with Crippen molar-refractivity contribution < 1.29 is 13.6 Å². The maximum atomic E-state index is 14.4. The predicted octanol–water partition coefficient (Wildman–Crippen LogP) is 4.46. The Morgan fingerprint density at radius 3 is 2.56 bits per heavy atom. The standard InChI is InChI=1S/C28H24FN5O3S2/c1-18-6-4-10-33-24(18)30-25(32-13-11-31(12-14-32)22-9-3-2-8-21(22)29)20(26(33)35)16-23-27(36)34(28(38)39-23)17-19-7-5-15-37-19/h2-10,15-16H,11-14,17H2,1H3/b23-16-. The summed E-state index contributed by atoms with van der Waals surface area (Å²) in [5.74, 6) is 0.564. The van der Waals surface area contributed by atoms with Crippen molar-refractivity contribution in [2.24, 2.45) is 0 Å². The van der Waals surface area contributed by atoms with Crippen LogP contribution in [0.15, 0.2) is 75.1 Å². The number of halogens is 1. The van der Waals surface area contributed by atoms with Crippen molar-refractivity contribution in [3.05, 3.63) is 99.0 Å². The molecule has 0 N–H and O–H groups in total. The molecular weight excluding hydrogens is 537 g/mol. The van der Waals surface area contributed by atoms with Gasteiger partial charge < -0.3 is 14.2 Å². The molecule has 1 amide bonds. The van der Waals surface area contributed by atoms with Crippen LogP contribution in [0.25, 0.3) is 11.7 Å². The number of carbonyl (C=O) groups is 1. The van der Waals surface area contributed by atoms with Gasteiger partial charge in [0.25, 0.3) is 11.5 Å². The van der Waals surface area contributed by atoms with E-state index in [-0.39, 0.29) is 23.8 Å². The number of carbonyl (C=O) groups excluding carboxylic acids is 1. The summed E-state index contributed by atoms with van der Waals surface area (Å²) in [5, 5.41) is 0. The van der Waals surface area contributed by atoms with Gasteiger partial charge >= 0.3 is 0 Å². The number of amides is 1. The van der Waals surface area contributed by atoms with Crippen LogP contribution in [-0.4, -0.2) is 50.7 Å². The second-order valence-corrected chi connectivity index (χ2v) is 11.0. The van der Waals surface area contributed by atoms with Crippen molar-refractivity contribution in [1.29, 1.82) is 0 Å². The minimum Gasteiger partial charge on any atom is -0.467 e. The zero-order valence-electron chi connectivity index (χ0n) is 21.0. The molecule has 3 aromatic heterocycles. The Morgan fingerprint density at radius 2 is 1.82 bits per heavy atom. The molecule has 39 heavy (non-hydrogen) atoms. The van der Waals surface area contributed by atoms with Gasteiger partial charge in [-0.3, -0.25) is 18.9 Å². The first-order valence-electron chi connectivity index (χ1n) is 12.4. The summed E-state index contributed by atoms with van der Waals surface area (Å²) in [7, 11) is 0. The van der Waals surface area contributed by atoms with Crippen LogP contribution < -0.4 is 15.4 Å². The van der Waals surface area contributed by atoms with E-state index in [0.29, 0.717) is 63.9 Å². The molecule has 0 aliphatic carbocycles. The minimum absolute atomic E-state index is 0.216. The Balaban J connectivity index is 1.37. The summed E-state index contributed by atoms with van der Waals surface area (Å²) in [5.41, 5.74) is 2.01. The van der Waals surface area contributed by atoms with Crippen LogP contribution in [0, 0.1) is 12.7 Å². The van der Waals surface area contributed by atoms with E-state index >= 15 is 0 Å². The fourth-order valence-electron chi connectivity index (χ4n) is 4.86. The Labute approximate surface area is 233 Å². The quantitative estimate of drug-likeness (QED) is 0.261. The number of benzene rings is 1. The molecule has 1 aromatic carbocycles. The van der Waals surface area contributed by atoms with Crippen LogP contribution in [0.3, 0.4) is 0 Å². The van der Waals surface area contributed by atoms with E-state index in [4.69, 9.17) is 21.6 Å². The topological polar surface area (TPSA) is 74.3 Å². The molecule has 0 radical (unpaired) electrons. The molecule has 2 aliphatic heterocycles. The number of fused-ring (bicyclic) bond motifs is 1. The summed E-state index contributed by atoms with van der Waals surface area (Å²) < 4.78 is 21.7. The average molecular weight is 562 g/mol. The van der Waals surface area contributed by atoms with Gasteiger partial charge in [0, 0.05) is 32.4 Å². The number of nitrogens with zero attached hydrogens (tertiary/aromatic N) is 5. The van der Waals surface area contributed by atoms with Gasteiger partial charge in [0.05, 0.1) is 29.0 Å². The third-order valence-electron chi connectivity index (χ3n) is 6.88. The molecule has 11 heteroatoms. The highest BCUT2D eigenvalue weighted by Gasteiger charge is 2.34. The number of anilines is 2. The van der Waals surface area contributed by atoms with Crippen molar-refractivity contribution in [1.82, 2.24) is 14.3 Å². The molecule has 198 valence electrons. The first-order valence-corrected chi connectivity index (χ1v) is 13.7. The molecule has 4 aromatic rings. The van der Waals surface area contributed by atoms with Crippen LogP contribution in [-0.2, 0) is 11.3 Å². The summed E-state index contributed by atoms with van der Waals surface area (Å²) in [4.78, 5) is 37.9. The Morgan fingerprint density at radius 1 is 1.05 bits per heavy atom. The first kappa shape index (κ1) is 25.3. The van der Waals surface area contributed by atoms with E-state index in [1.165, 1.54) is 15.4 Å². The van der Waals surface area contributed by atoms with Crippen molar-refractivity contribution >= 4 is 57.4 Å². The van der Waals surface area contributed by atoms with E-state index in [1.807, 2.05) is 28.9 Å². The largest absolute Gasteiger partial charge is 0.467 e. The minimum atomic E-state index is -0.287. The van der Waals surface area contributed by atoms with Crippen molar-refractivity contribution in [3.8, 4) is 0 Å². The van der Waals surface area contributed by atoms with E-state index in [1.54, 1.807) is 48.9 Å². The van der Waals surface area contributed by atoms with Gasteiger partial charge in [0.2, 0.25) is 0 Å². The number of hydrogen-bond acceptors (Lipinski definition) is 8. The lowest BCUT2D eigenvalue weighted by Crippen LogP contribution is -2.47. The zero-order chi connectivity index (χ0) is 27.1. The molecule has 0 spiro atoms. The summed E-state index contributed by atoms with van der Waals surface area (Å²) >= 11 is 6.63. The second-order valence-electron chi connectivity index (χ2n) is 9.31. The number of pyridine rings is 1. The number of thiocarbonyl (C=S) groups is 1. The highest BCUT2D eigenvalue weighted by molar-refractivity contribution is 8.26. The number of thioether (sulfide) groups is 1. The second kappa shape index (κ2) is 10.3. The molecule has 2 saturated heterocycles. The third kappa shape index (κ3) is 4.72. The van der Waals surface area contributed by atoms with E-state index < -0.39 is 0 Å². The van der Waals surface area contributed by atoms with Gasteiger partial charge in [-0.15, -0.1) is 0 Å². The van der Waals surface area contributed by atoms with Gasteiger partial charge in [0.15, 0.2) is 0 Å². The number of rotatable bonds is 5. The van der Waals surface area contributed by atoms with Crippen molar-refractivity contribution in [2.45, 2.75) is 13.5 Å². The fourth-order valence-corrected chi connectivity index (χ4v) is 6.10. The highest BCUT2D eigenvalue weighted by Crippen LogP contribution is 2.35. The Bertz CT molecular complexity index is 1680. The van der Waals surface area contributed by atoms with Crippen molar-refractivity contribution in [3.63, 3.8) is 0 Å². The van der Waals surface area contributed by atoms with Crippen LogP contribution in [0.2, 0.25) is 0 Å². The highest BCUT2D eigenvalue weighted by atomic mass is 32.2. The Kier molecular flexibility index (Phi) is 6.69. The maximum Gasteiger partial charge on any atom is 0.267 e. The van der Waals surface area contributed by atoms with Crippen LogP contribution >= 0.6 is 24.0 Å². The molecule has 2 aliphatic rings. The lowest BCUT2D eigenvalue weighted by molar-refractivity contribution is -0.122. The van der Waals surface area contributed by atoms with Gasteiger partial charge in [-0.1, -0.05) is 42.2 Å². The van der Waals surface area contributed by atoms with Crippen LogP contribution in [0.1, 0.15) is 16.9 Å². The molecule has 0 saturated carbocycles. The predicted molar refractivity (Wildman–Crippen MR) is 154 cm³/mol. The van der Waals surface area contributed by atoms with E-state index in [2.05, 4.69) is 0 Å². The molecule has 5 heterocycles.